The Morgan fingerprint density at radius 2 is 1.96 bits per heavy atom. The Hall–Kier alpha value is -2.59. The zero-order chi connectivity index (χ0) is 19.7. The molecule has 0 bridgehead atoms. The summed E-state index contributed by atoms with van der Waals surface area (Å²) in [5.41, 5.74) is 6.51. The first-order valence-electron chi connectivity index (χ1n) is 10.2. The summed E-state index contributed by atoms with van der Waals surface area (Å²) in [6.07, 6.45) is 4.38. The van der Waals surface area contributed by atoms with Crippen molar-refractivity contribution in [1.82, 2.24) is 9.88 Å². The van der Waals surface area contributed by atoms with Gasteiger partial charge in [0.05, 0.1) is 11.1 Å². The molecule has 0 aliphatic heterocycles. The predicted octanol–water partition coefficient (Wildman–Crippen LogP) is 4.65. The van der Waals surface area contributed by atoms with Crippen molar-refractivity contribution >= 4 is 22.5 Å². The number of fused-ring (bicyclic) bond motifs is 3. The molecular formula is C24H29N3O. The maximum atomic E-state index is 13.0. The molecule has 3 aromatic rings. The Kier molecular flexibility index (Phi) is 5.23. The molecule has 4 rings (SSSR count). The van der Waals surface area contributed by atoms with E-state index in [0.29, 0.717) is 5.92 Å². The van der Waals surface area contributed by atoms with E-state index in [-0.39, 0.29) is 5.91 Å². The van der Waals surface area contributed by atoms with E-state index < -0.39 is 0 Å². The molecule has 1 aliphatic rings. The van der Waals surface area contributed by atoms with Gasteiger partial charge in [0.2, 0.25) is 0 Å². The lowest BCUT2D eigenvalue weighted by Crippen LogP contribution is -2.15. The van der Waals surface area contributed by atoms with Gasteiger partial charge >= 0.3 is 0 Å². The van der Waals surface area contributed by atoms with E-state index in [9.17, 15) is 4.79 Å². The minimum Gasteiger partial charge on any atom is -0.358 e. The van der Waals surface area contributed by atoms with Crippen LogP contribution in [0.4, 0.5) is 5.69 Å². The van der Waals surface area contributed by atoms with Crippen LogP contribution in [0, 0.1) is 5.92 Å². The van der Waals surface area contributed by atoms with Crippen LogP contribution in [0.15, 0.2) is 42.5 Å². The molecule has 2 aromatic carbocycles. The number of hydrogen-bond donors (Lipinski definition) is 2. The number of nitrogens with zero attached hydrogens (tertiary/aromatic N) is 1. The van der Waals surface area contributed by atoms with Crippen molar-refractivity contribution in [2.45, 2.75) is 32.6 Å². The molecule has 146 valence electrons. The third kappa shape index (κ3) is 3.83. The fourth-order valence-electron chi connectivity index (χ4n) is 4.11. The molecule has 0 saturated carbocycles. The highest BCUT2D eigenvalue weighted by molar-refractivity contribution is 6.12. The zero-order valence-electron chi connectivity index (χ0n) is 17.0. The van der Waals surface area contributed by atoms with Gasteiger partial charge in [0.15, 0.2) is 0 Å². The number of benzene rings is 2. The van der Waals surface area contributed by atoms with Crippen LogP contribution in [0.3, 0.4) is 0 Å². The molecule has 1 unspecified atom stereocenters. The Morgan fingerprint density at radius 3 is 2.71 bits per heavy atom. The summed E-state index contributed by atoms with van der Waals surface area (Å²) in [4.78, 5) is 18.7. The van der Waals surface area contributed by atoms with Crippen LogP contribution in [-0.2, 0) is 19.3 Å². The van der Waals surface area contributed by atoms with Gasteiger partial charge in [0.25, 0.3) is 5.91 Å². The minimum absolute atomic E-state index is 0.0571. The average Bonchev–Trinajstić information content (AvgIpc) is 3.05. The Balaban J connectivity index is 1.54. The van der Waals surface area contributed by atoms with Gasteiger partial charge in [-0.3, -0.25) is 4.79 Å². The van der Waals surface area contributed by atoms with E-state index in [1.54, 1.807) is 0 Å². The molecule has 0 fully saturated rings. The minimum atomic E-state index is -0.0571. The smallest absolute Gasteiger partial charge is 0.257 e. The van der Waals surface area contributed by atoms with Crippen LogP contribution >= 0.6 is 0 Å². The maximum Gasteiger partial charge on any atom is 0.257 e. The first-order chi connectivity index (χ1) is 13.5. The summed E-state index contributed by atoms with van der Waals surface area (Å²) in [5.74, 6) is 0.647. The summed E-state index contributed by atoms with van der Waals surface area (Å²) in [7, 11) is 4.16. The fraction of sp³-hybridized carbons (Fsp3) is 0.375. The molecule has 2 N–H and O–H groups in total. The maximum absolute atomic E-state index is 13.0. The molecule has 1 atom stereocenters. The molecule has 1 heterocycles. The Morgan fingerprint density at radius 1 is 1.18 bits per heavy atom. The van der Waals surface area contributed by atoms with E-state index in [0.717, 1.165) is 42.6 Å². The van der Waals surface area contributed by atoms with Gasteiger partial charge in [-0.1, -0.05) is 31.2 Å². The number of likely N-dealkylation sites (N-methyl/N-ethyl adjacent to an activating group) is 1. The number of rotatable bonds is 5. The van der Waals surface area contributed by atoms with Crippen molar-refractivity contribution in [2.24, 2.45) is 5.92 Å². The van der Waals surface area contributed by atoms with Gasteiger partial charge in [0.1, 0.15) is 0 Å². The van der Waals surface area contributed by atoms with Crippen LogP contribution in [-0.4, -0.2) is 36.4 Å². The molecule has 28 heavy (non-hydrogen) atoms. The van der Waals surface area contributed by atoms with E-state index >= 15 is 0 Å². The molecule has 0 saturated heterocycles. The van der Waals surface area contributed by atoms with Crippen molar-refractivity contribution in [1.29, 1.82) is 0 Å². The van der Waals surface area contributed by atoms with Gasteiger partial charge in [-0.15, -0.1) is 0 Å². The highest BCUT2D eigenvalue weighted by Crippen LogP contribution is 2.33. The van der Waals surface area contributed by atoms with Crippen LogP contribution < -0.4 is 5.32 Å². The summed E-state index contributed by atoms with van der Waals surface area (Å²) >= 11 is 0. The number of H-pyrrole nitrogens is 1. The highest BCUT2D eigenvalue weighted by atomic mass is 16.1. The number of aromatic nitrogens is 1. The molecule has 1 aliphatic carbocycles. The van der Waals surface area contributed by atoms with Crippen molar-refractivity contribution in [2.75, 3.05) is 26.0 Å². The van der Waals surface area contributed by atoms with E-state index in [2.05, 4.69) is 54.4 Å². The van der Waals surface area contributed by atoms with Crippen molar-refractivity contribution < 1.29 is 4.79 Å². The molecule has 0 spiro atoms. The number of para-hydroxylation sites is 1. The number of nitrogens with one attached hydrogen (secondary N) is 2. The fourth-order valence-corrected chi connectivity index (χ4v) is 4.11. The van der Waals surface area contributed by atoms with Crippen molar-refractivity contribution in [3.63, 3.8) is 0 Å². The lowest BCUT2D eigenvalue weighted by molar-refractivity contribution is 0.102. The molecule has 4 nitrogen and oxygen atoms in total. The quantitative estimate of drug-likeness (QED) is 0.682. The summed E-state index contributed by atoms with van der Waals surface area (Å²) in [6.45, 7) is 3.32. The SMILES string of the molecule is CC1CCc2[nH]c3c(C(=O)Nc4ccc(CCN(C)C)cc4)cccc3c2C1. The second kappa shape index (κ2) is 7.80. The van der Waals surface area contributed by atoms with Crippen LogP contribution in [0.2, 0.25) is 0 Å². The number of carbonyl (C=O) groups is 1. The van der Waals surface area contributed by atoms with Gasteiger partial charge in [-0.25, -0.2) is 0 Å². The first-order valence-corrected chi connectivity index (χ1v) is 10.2. The van der Waals surface area contributed by atoms with Gasteiger partial charge in [-0.2, -0.15) is 0 Å². The molecule has 1 amide bonds. The highest BCUT2D eigenvalue weighted by Gasteiger charge is 2.22. The number of amides is 1. The zero-order valence-corrected chi connectivity index (χ0v) is 17.0. The number of aromatic amines is 1. The number of hydrogen-bond acceptors (Lipinski definition) is 2. The number of anilines is 1. The third-order valence-corrected chi connectivity index (χ3v) is 5.77. The van der Waals surface area contributed by atoms with Crippen LogP contribution in [0.1, 0.15) is 40.5 Å². The van der Waals surface area contributed by atoms with E-state index in [1.807, 2.05) is 24.3 Å². The Labute approximate surface area is 166 Å². The largest absolute Gasteiger partial charge is 0.358 e. The van der Waals surface area contributed by atoms with Gasteiger partial charge in [-0.05, 0) is 75.0 Å². The van der Waals surface area contributed by atoms with E-state index in [4.69, 9.17) is 0 Å². The third-order valence-electron chi connectivity index (χ3n) is 5.77. The summed E-state index contributed by atoms with van der Waals surface area (Å²) in [5, 5.41) is 4.26. The van der Waals surface area contributed by atoms with Crippen LogP contribution in [0.25, 0.3) is 10.9 Å². The van der Waals surface area contributed by atoms with Crippen molar-refractivity contribution in [3.8, 4) is 0 Å². The number of aryl methyl sites for hydroxylation is 1. The average molecular weight is 376 g/mol. The predicted molar refractivity (Wildman–Crippen MR) is 116 cm³/mol. The standard InChI is InChI=1S/C24H29N3O/c1-16-7-12-22-21(15-16)19-5-4-6-20(23(19)26-22)24(28)25-18-10-8-17(9-11-18)13-14-27(2)3/h4-6,8-11,16,26H,7,12-15H2,1-3H3,(H,25,28). The summed E-state index contributed by atoms with van der Waals surface area (Å²) < 4.78 is 0. The first kappa shape index (κ1) is 18.8. The lowest BCUT2D eigenvalue weighted by atomic mass is 9.87. The van der Waals surface area contributed by atoms with Gasteiger partial charge in [0, 0.05) is 23.3 Å². The topological polar surface area (TPSA) is 48.1 Å². The summed E-state index contributed by atoms with van der Waals surface area (Å²) in [6, 6.07) is 14.2. The number of carbonyl (C=O) groups excluding carboxylic acids is 1. The van der Waals surface area contributed by atoms with Crippen molar-refractivity contribution in [3.05, 3.63) is 64.8 Å². The van der Waals surface area contributed by atoms with Gasteiger partial charge < -0.3 is 15.2 Å². The molecule has 4 heteroatoms. The molecule has 1 aromatic heterocycles. The normalized spacial score (nSPS) is 16.4. The van der Waals surface area contributed by atoms with Crippen LogP contribution in [0.5, 0.6) is 0 Å². The lowest BCUT2D eigenvalue weighted by Gasteiger charge is -2.17. The van der Waals surface area contributed by atoms with E-state index in [1.165, 1.54) is 28.6 Å². The molecular weight excluding hydrogens is 346 g/mol. The second-order valence-electron chi connectivity index (χ2n) is 8.36. The monoisotopic (exact) mass is 375 g/mol. The molecule has 0 radical (unpaired) electrons. The second-order valence-corrected chi connectivity index (χ2v) is 8.36. The Bertz CT molecular complexity index is 985.